The van der Waals surface area contributed by atoms with Gasteiger partial charge in [0.1, 0.15) is 5.69 Å². The Morgan fingerprint density at radius 2 is 2.05 bits per heavy atom. The molecule has 3 N–H and O–H groups in total. The summed E-state index contributed by atoms with van der Waals surface area (Å²) in [5.74, 6) is 0.607. The normalized spacial score (nSPS) is 20.2. The van der Waals surface area contributed by atoms with Gasteiger partial charge in [-0.1, -0.05) is 6.07 Å². The van der Waals surface area contributed by atoms with Gasteiger partial charge in [0.05, 0.1) is 4.92 Å². The number of nitrogens with zero attached hydrogens (tertiary/aromatic N) is 1. The monoisotopic (exact) mass is 311 g/mol. The number of rotatable bonds is 6. The number of sulfonamides is 1. The van der Waals surface area contributed by atoms with Crippen molar-refractivity contribution in [1.82, 2.24) is 4.72 Å². The molecule has 0 atom stereocenters. The van der Waals surface area contributed by atoms with Gasteiger partial charge in [-0.25, -0.2) is 13.1 Å². The van der Waals surface area contributed by atoms with E-state index in [-0.39, 0.29) is 16.0 Å². The molecule has 0 aliphatic heterocycles. The average molecular weight is 311 g/mol. The zero-order valence-electron chi connectivity index (χ0n) is 11.4. The zero-order chi connectivity index (χ0) is 15.3. The van der Waals surface area contributed by atoms with Crippen LogP contribution in [0.15, 0.2) is 23.1 Å². The van der Waals surface area contributed by atoms with Crippen LogP contribution in [-0.2, 0) is 10.0 Å². The highest BCUT2D eigenvalue weighted by molar-refractivity contribution is 7.89. The summed E-state index contributed by atoms with van der Waals surface area (Å²) >= 11 is 0. The van der Waals surface area contributed by atoms with Gasteiger partial charge in [0.15, 0.2) is 4.90 Å². The summed E-state index contributed by atoms with van der Waals surface area (Å²) in [6.07, 6.45) is 4.36. The van der Waals surface area contributed by atoms with Gasteiger partial charge in [0, 0.05) is 6.54 Å². The Kier molecular flexibility index (Phi) is 3.18. The van der Waals surface area contributed by atoms with Crippen molar-refractivity contribution in [3.63, 3.8) is 0 Å². The Balaban J connectivity index is 1.85. The number of hydrogen-bond donors (Lipinski definition) is 2. The second-order valence-electron chi connectivity index (χ2n) is 5.91. The third-order valence-electron chi connectivity index (χ3n) is 4.45. The highest BCUT2D eigenvalue weighted by Gasteiger charge is 2.53. The van der Waals surface area contributed by atoms with E-state index in [9.17, 15) is 18.5 Å². The van der Waals surface area contributed by atoms with Crippen molar-refractivity contribution < 1.29 is 13.3 Å². The van der Waals surface area contributed by atoms with E-state index in [0.717, 1.165) is 25.7 Å². The first-order valence-corrected chi connectivity index (χ1v) is 8.37. The molecule has 0 heterocycles. The highest BCUT2D eigenvalue weighted by Crippen LogP contribution is 2.60. The number of nitro benzene ring substituents is 1. The van der Waals surface area contributed by atoms with Crippen LogP contribution in [0.3, 0.4) is 0 Å². The number of nitrogen functional groups attached to an aromatic ring is 1. The molecule has 0 saturated heterocycles. The molecule has 3 rings (SSSR count). The SMILES string of the molecule is Nc1cccc(S(=O)(=O)NCC2(C3CC3)CC2)c1[N+](=O)[O-]. The predicted octanol–water partition coefficient (Wildman–Crippen LogP) is 1.65. The van der Waals surface area contributed by atoms with E-state index in [0.29, 0.717) is 12.5 Å². The molecule has 114 valence electrons. The summed E-state index contributed by atoms with van der Waals surface area (Å²) in [6, 6.07) is 3.95. The standard InChI is InChI=1S/C13H17N3O4S/c14-10-2-1-3-11(12(10)16(17)18)21(19,20)15-8-13(6-7-13)9-4-5-9/h1-3,9,15H,4-8,14H2. The first kappa shape index (κ1) is 14.3. The topological polar surface area (TPSA) is 115 Å². The fraction of sp³-hybridized carbons (Fsp3) is 0.538. The van der Waals surface area contributed by atoms with Gasteiger partial charge >= 0.3 is 5.69 Å². The second kappa shape index (κ2) is 4.67. The average Bonchev–Trinajstić information content (AvgIpc) is 3.26. The lowest BCUT2D eigenvalue weighted by molar-refractivity contribution is -0.386. The fourth-order valence-corrected chi connectivity index (χ4v) is 4.19. The van der Waals surface area contributed by atoms with Crippen molar-refractivity contribution in [2.45, 2.75) is 30.6 Å². The summed E-state index contributed by atoms with van der Waals surface area (Å²) in [6.45, 7) is 0.353. The molecule has 2 aliphatic rings. The fourth-order valence-electron chi connectivity index (χ4n) is 2.85. The maximum absolute atomic E-state index is 12.4. The van der Waals surface area contributed by atoms with E-state index in [2.05, 4.69) is 4.72 Å². The van der Waals surface area contributed by atoms with Crippen molar-refractivity contribution in [3.8, 4) is 0 Å². The first-order valence-electron chi connectivity index (χ1n) is 6.88. The van der Waals surface area contributed by atoms with Crippen LogP contribution in [0.5, 0.6) is 0 Å². The van der Waals surface area contributed by atoms with E-state index in [4.69, 9.17) is 5.73 Å². The number of anilines is 1. The van der Waals surface area contributed by atoms with Crippen LogP contribution < -0.4 is 10.5 Å². The van der Waals surface area contributed by atoms with Crippen LogP contribution in [0.1, 0.15) is 25.7 Å². The number of hydrogen-bond acceptors (Lipinski definition) is 5. The smallest absolute Gasteiger partial charge is 0.312 e. The van der Waals surface area contributed by atoms with Crippen LogP contribution in [0, 0.1) is 21.4 Å². The van der Waals surface area contributed by atoms with Gasteiger partial charge in [-0.2, -0.15) is 0 Å². The van der Waals surface area contributed by atoms with Gasteiger partial charge in [-0.15, -0.1) is 0 Å². The molecule has 0 amide bonds. The largest absolute Gasteiger partial charge is 0.393 e. The van der Waals surface area contributed by atoms with E-state index < -0.39 is 20.6 Å². The lowest BCUT2D eigenvalue weighted by atomic mass is 10.0. The van der Waals surface area contributed by atoms with Gasteiger partial charge in [-0.05, 0) is 49.1 Å². The van der Waals surface area contributed by atoms with Crippen LogP contribution >= 0.6 is 0 Å². The Morgan fingerprint density at radius 3 is 2.57 bits per heavy atom. The quantitative estimate of drug-likeness (QED) is 0.471. The summed E-state index contributed by atoms with van der Waals surface area (Å²) in [4.78, 5) is 9.94. The van der Waals surface area contributed by atoms with Crippen molar-refractivity contribution in [2.24, 2.45) is 11.3 Å². The number of nitrogens with two attached hydrogens (primary N) is 1. The number of nitrogens with one attached hydrogen (secondary N) is 1. The lowest BCUT2D eigenvalue weighted by Gasteiger charge is -2.15. The van der Waals surface area contributed by atoms with Gasteiger partial charge < -0.3 is 5.73 Å². The minimum Gasteiger partial charge on any atom is -0.393 e. The molecule has 0 spiro atoms. The Hall–Kier alpha value is -1.67. The molecule has 1 aromatic rings. The molecule has 2 saturated carbocycles. The van der Waals surface area contributed by atoms with E-state index in [1.54, 1.807) is 0 Å². The third kappa shape index (κ3) is 2.60. The van der Waals surface area contributed by atoms with Gasteiger partial charge in [0.25, 0.3) is 0 Å². The van der Waals surface area contributed by atoms with Crippen LogP contribution in [0.2, 0.25) is 0 Å². The van der Waals surface area contributed by atoms with E-state index >= 15 is 0 Å². The van der Waals surface area contributed by atoms with Crippen LogP contribution in [0.4, 0.5) is 11.4 Å². The van der Waals surface area contributed by atoms with E-state index in [1.165, 1.54) is 18.2 Å². The maximum atomic E-state index is 12.4. The maximum Gasteiger partial charge on any atom is 0.312 e. The minimum atomic E-state index is -3.93. The first-order chi connectivity index (χ1) is 9.86. The molecule has 1 aromatic carbocycles. The van der Waals surface area contributed by atoms with Crippen LogP contribution in [0.25, 0.3) is 0 Å². The summed E-state index contributed by atoms with van der Waals surface area (Å²) in [5.41, 5.74) is 4.92. The summed E-state index contributed by atoms with van der Waals surface area (Å²) < 4.78 is 27.2. The van der Waals surface area contributed by atoms with Crippen molar-refractivity contribution in [2.75, 3.05) is 12.3 Å². The Labute approximate surface area is 122 Å². The highest BCUT2D eigenvalue weighted by atomic mass is 32.2. The predicted molar refractivity (Wildman–Crippen MR) is 77.1 cm³/mol. The van der Waals surface area contributed by atoms with Crippen molar-refractivity contribution in [1.29, 1.82) is 0 Å². The Morgan fingerprint density at radius 1 is 1.38 bits per heavy atom. The summed E-state index contributed by atoms with van der Waals surface area (Å²) in [7, 11) is -3.93. The molecule has 0 unspecified atom stereocenters. The Bertz CT molecular complexity index is 693. The summed E-state index contributed by atoms with van der Waals surface area (Å²) in [5, 5.41) is 11.1. The molecular formula is C13H17N3O4S. The molecular weight excluding hydrogens is 294 g/mol. The molecule has 2 aliphatic carbocycles. The van der Waals surface area contributed by atoms with E-state index in [1.807, 2.05) is 0 Å². The van der Waals surface area contributed by atoms with Crippen molar-refractivity contribution in [3.05, 3.63) is 28.3 Å². The molecule has 21 heavy (non-hydrogen) atoms. The van der Waals surface area contributed by atoms with Crippen LogP contribution in [-0.4, -0.2) is 19.9 Å². The molecule has 8 heteroatoms. The minimum absolute atomic E-state index is 0.0855. The molecule has 0 radical (unpaired) electrons. The number of nitro groups is 1. The van der Waals surface area contributed by atoms with Gasteiger partial charge in [-0.3, -0.25) is 10.1 Å². The number of benzene rings is 1. The third-order valence-corrected chi connectivity index (χ3v) is 5.88. The molecule has 7 nitrogen and oxygen atoms in total. The molecule has 0 bridgehead atoms. The molecule has 0 aromatic heterocycles. The molecule has 2 fully saturated rings. The lowest BCUT2D eigenvalue weighted by Crippen LogP contribution is -2.31. The van der Waals surface area contributed by atoms with Gasteiger partial charge in [0.2, 0.25) is 10.0 Å². The van der Waals surface area contributed by atoms with Crippen molar-refractivity contribution >= 4 is 21.4 Å². The second-order valence-corrected chi connectivity index (χ2v) is 7.65. The zero-order valence-corrected chi connectivity index (χ0v) is 12.2. The number of para-hydroxylation sites is 1.